The van der Waals surface area contributed by atoms with E-state index in [0.717, 1.165) is 42.9 Å². The number of carbonyl (C=O) groups is 3. The number of likely N-dealkylation sites (tertiary alicyclic amines) is 1. The van der Waals surface area contributed by atoms with Gasteiger partial charge in [-0.25, -0.2) is 4.79 Å². The van der Waals surface area contributed by atoms with Crippen molar-refractivity contribution in [1.82, 2.24) is 20.4 Å². The number of nitrogens with zero attached hydrogens (tertiary/aromatic N) is 2. The summed E-state index contributed by atoms with van der Waals surface area (Å²) in [5.41, 5.74) is 0.175. The lowest BCUT2D eigenvalue weighted by molar-refractivity contribution is -0.135. The van der Waals surface area contributed by atoms with Crippen LogP contribution >= 0.6 is 0 Å². The molecule has 2 unspecified atom stereocenters. The fourth-order valence-electron chi connectivity index (χ4n) is 4.32. The first kappa shape index (κ1) is 18.9. The topological polar surface area (TPSA) is 81.8 Å². The van der Waals surface area contributed by atoms with Gasteiger partial charge in [0.2, 0.25) is 5.91 Å². The summed E-state index contributed by atoms with van der Waals surface area (Å²) < 4.78 is 0. The van der Waals surface area contributed by atoms with Gasteiger partial charge >= 0.3 is 6.03 Å². The van der Waals surface area contributed by atoms with Gasteiger partial charge in [0.25, 0.3) is 5.91 Å². The maximum absolute atomic E-state index is 12.7. The predicted molar refractivity (Wildman–Crippen MR) is 104 cm³/mol. The van der Waals surface area contributed by atoms with Crippen molar-refractivity contribution in [1.29, 1.82) is 0 Å². The van der Waals surface area contributed by atoms with E-state index in [1.807, 2.05) is 30.3 Å². The monoisotopic (exact) mass is 384 g/mol. The molecule has 1 aromatic carbocycles. The van der Waals surface area contributed by atoms with Crippen LogP contribution in [0.25, 0.3) is 0 Å². The largest absolute Gasteiger partial charge is 0.346 e. The molecule has 1 saturated carbocycles. The van der Waals surface area contributed by atoms with Crippen molar-refractivity contribution < 1.29 is 14.4 Å². The summed E-state index contributed by atoms with van der Waals surface area (Å²) in [6.45, 7) is 4.33. The molecule has 4 amide bonds. The molecule has 0 bridgehead atoms. The Morgan fingerprint density at radius 3 is 2.54 bits per heavy atom. The fraction of sp³-hybridized carbons (Fsp3) is 0.571. The number of nitrogens with one attached hydrogen (secondary N) is 2. The molecule has 2 aliphatic heterocycles. The van der Waals surface area contributed by atoms with Crippen LogP contribution in [0, 0.1) is 5.92 Å². The number of benzene rings is 1. The molecular formula is C21H28N4O3. The molecule has 150 valence electrons. The van der Waals surface area contributed by atoms with Crippen LogP contribution in [0.15, 0.2) is 30.3 Å². The normalized spacial score (nSPS) is 26.4. The highest BCUT2D eigenvalue weighted by molar-refractivity contribution is 6.09. The van der Waals surface area contributed by atoms with Crippen molar-refractivity contribution in [3.8, 4) is 0 Å². The molecule has 7 nitrogen and oxygen atoms in total. The molecule has 28 heavy (non-hydrogen) atoms. The Morgan fingerprint density at radius 2 is 1.89 bits per heavy atom. The van der Waals surface area contributed by atoms with Crippen molar-refractivity contribution in [2.75, 3.05) is 26.2 Å². The van der Waals surface area contributed by atoms with Gasteiger partial charge in [0.1, 0.15) is 12.1 Å². The Kier molecular flexibility index (Phi) is 5.10. The van der Waals surface area contributed by atoms with Gasteiger partial charge in [-0.1, -0.05) is 30.3 Å². The number of rotatable bonds is 7. The number of hydrogen-bond donors (Lipinski definition) is 2. The van der Waals surface area contributed by atoms with E-state index in [9.17, 15) is 14.4 Å². The van der Waals surface area contributed by atoms with E-state index in [4.69, 9.17) is 0 Å². The van der Waals surface area contributed by atoms with Crippen LogP contribution in [0.5, 0.6) is 0 Å². The Morgan fingerprint density at radius 1 is 1.21 bits per heavy atom. The van der Waals surface area contributed by atoms with Crippen molar-refractivity contribution in [3.63, 3.8) is 0 Å². The van der Waals surface area contributed by atoms with Crippen molar-refractivity contribution in [3.05, 3.63) is 35.9 Å². The van der Waals surface area contributed by atoms with Gasteiger partial charge in [-0.05, 0) is 57.2 Å². The minimum atomic E-state index is -0.855. The predicted octanol–water partition coefficient (Wildman–Crippen LogP) is 1.66. The first-order chi connectivity index (χ1) is 13.5. The van der Waals surface area contributed by atoms with E-state index in [-0.39, 0.29) is 30.3 Å². The zero-order valence-electron chi connectivity index (χ0n) is 16.3. The summed E-state index contributed by atoms with van der Waals surface area (Å²) >= 11 is 0. The third-order valence-electron chi connectivity index (χ3n) is 6.17. The second-order valence-electron chi connectivity index (χ2n) is 8.34. The molecule has 7 heteroatoms. The number of carbonyl (C=O) groups excluding carboxylic acids is 3. The minimum absolute atomic E-state index is 0.164. The standard InChI is InChI=1S/C21H28N4O3/c1-21(16-9-10-16)19(27)25(20(28)23-21)14-18(26)22-17(13-24-11-5-6-12-24)15-7-3-2-4-8-15/h2-4,7-8,16-17H,5-6,9-14H2,1H3,(H,22,26)(H,23,28). The zero-order chi connectivity index (χ0) is 19.7. The van der Waals surface area contributed by atoms with Crippen LogP contribution in [0.1, 0.15) is 44.2 Å². The maximum atomic E-state index is 12.7. The smallest absolute Gasteiger partial charge is 0.325 e. The SMILES string of the molecule is CC1(C2CC2)NC(=O)N(CC(=O)NC(CN2CCCC2)c2ccccc2)C1=O. The van der Waals surface area contributed by atoms with Crippen molar-refractivity contribution in [2.45, 2.75) is 44.2 Å². The summed E-state index contributed by atoms with van der Waals surface area (Å²) in [4.78, 5) is 41.2. The fourth-order valence-corrected chi connectivity index (χ4v) is 4.32. The molecule has 0 aromatic heterocycles. The quantitative estimate of drug-likeness (QED) is 0.701. The van der Waals surface area contributed by atoms with Crippen LogP contribution in [-0.2, 0) is 9.59 Å². The maximum Gasteiger partial charge on any atom is 0.325 e. The Labute approximate surface area is 165 Å². The molecule has 1 aromatic rings. The van der Waals surface area contributed by atoms with Crippen molar-refractivity contribution >= 4 is 17.8 Å². The Balaban J connectivity index is 1.42. The van der Waals surface area contributed by atoms with Gasteiger partial charge in [0, 0.05) is 6.54 Å². The van der Waals surface area contributed by atoms with Crippen molar-refractivity contribution in [2.24, 2.45) is 5.92 Å². The lowest BCUT2D eigenvalue weighted by Crippen LogP contribution is -2.47. The first-order valence-corrected chi connectivity index (χ1v) is 10.2. The number of imide groups is 1. The van der Waals surface area contributed by atoms with Gasteiger partial charge in [-0.15, -0.1) is 0 Å². The second kappa shape index (κ2) is 7.54. The lowest BCUT2D eigenvalue weighted by atomic mass is 9.96. The average molecular weight is 384 g/mol. The van der Waals surface area contributed by atoms with Gasteiger partial charge in [-0.3, -0.25) is 14.5 Å². The number of amides is 4. The molecular weight excluding hydrogens is 356 g/mol. The molecule has 0 radical (unpaired) electrons. The van der Waals surface area contributed by atoms with E-state index < -0.39 is 11.6 Å². The third kappa shape index (κ3) is 3.76. The molecule has 3 fully saturated rings. The minimum Gasteiger partial charge on any atom is -0.346 e. The summed E-state index contributed by atoms with van der Waals surface area (Å²) in [7, 11) is 0. The third-order valence-corrected chi connectivity index (χ3v) is 6.17. The molecule has 0 spiro atoms. The highest BCUT2D eigenvalue weighted by Crippen LogP contribution is 2.42. The van der Waals surface area contributed by atoms with E-state index in [2.05, 4.69) is 15.5 Å². The van der Waals surface area contributed by atoms with E-state index >= 15 is 0 Å². The summed E-state index contributed by atoms with van der Waals surface area (Å²) in [5, 5.41) is 5.84. The van der Waals surface area contributed by atoms with Crippen LogP contribution in [0.4, 0.5) is 4.79 Å². The van der Waals surface area contributed by atoms with Crippen LogP contribution in [0.2, 0.25) is 0 Å². The molecule has 4 rings (SSSR count). The summed E-state index contributed by atoms with van der Waals surface area (Å²) in [6, 6.07) is 9.23. The highest BCUT2D eigenvalue weighted by atomic mass is 16.2. The van der Waals surface area contributed by atoms with Gasteiger partial charge in [-0.2, -0.15) is 0 Å². The van der Waals surface area contributed by atoms with Crippen LogP contribution in [-0.4, -0.2) is 59.4 Å². The molecule has 2 N–H and O–H groups in total. The molecule has 1 aliphatic carbocycles. The zero-order valence-corrected chi connectivity index (χ0v) is 16.3. The van der Waals surface area contributed by atoms with E-state index in [0.29, 0.717) is 0 Å². The van der Waals surface area contributed by atoms with Crippen LogP contribution < -0.4 is 10.6 Å². The molecule has 2 atom stereocenters. The lowest BCUT2D eigenvalue weighted by Gasteiger charge is -2.26. The van der Waals surface area contributed by atoms with Gasteiger partial charge < -0.3 is 15.5 Å². The second-order valence-corrected chi connectivity index (χ2v) is 8.34. The van der Waals surface area contributed by atoms with E-state index in [1.54, 1.807) is 6.92 Å². The Bertz CT molecular complexity index is 758. The molecule has 3 aliphatic rings. The Hall–Kier alpha value is -2.41. The number of hydrogen-bond acceptors (Lipinski definition) is 4. The van der Waals surface area contributed by atoms with Gasteiger partial charge in [0.15, 0.2) is 0 Å². The molecule has 2 heterocycles. The average Bonchev–Trinajstić information content (AvgIpc) is 3.39. The molecule has 2 saturated heterocycles. The van der Waals surface area contributed by atoms with E-state index in [1.165, 1.54) is 12.8 Å². The first-order valence-electron chi connectivity index (χ1n) is 10.2. The van der Waals surface area contributed by atoms with Crippen LogP contribution in [0.3, 0.4) is 0 Å². The summed E-state index contributed by atoms with van der Waals surface area (Å²) in [5.74, 6) is -0.410. The summed E-state index contributed by atoms with van der Waals surface area (Å²) in [6.07, 6.45) is 4.23. The van der Waals surface area contributed by atoms with Gasteiger partial charge in [0.05, 0.1) is 6.04 Å². The number of urea groups is 1. The highest BCUT2D eigenvalue weighted by Gasteiger charge is 2.56.